The number of piperidine rings is 1. The van der Waals surface area contributed by atoms with Crippen LogP contribution in [0.4, 0.5) is 0 Å². The molecule has 5 nitrogen and oxygen atoms in total. The number of aromatic nitrogens is 3. The van der Waals surface area contributed by atoms with E-state index in [2.05, 4.69) is 15.0 Å². The second kappa shape index (κ2) is 6.52. The van der Waals surface area contributed by atoms with Gasteiger partial charge in [0, 0.05) is 36.8 Å². The number of rotatable bonds is 3. The summed E-state index contributed by atoms with van der Waals surface area (Å²) in [5.74, 6) is 0.594. The van der Waals surface area contributed by atoms with E-state index >= 15 is 0 Å². The molecule has 3 heterocycles. The van der Waals surface area contributed by atoms with E-state index in [4.69, 9.17) is 0 Å². The molecule has 1 aliphatic heterocycles. The summed E-state index contributed by atoms with van der Waals surface area (Å²) in [4.78, 5) is 27.4. The van der Waals surface area contributed by atoms with Gasteiger partial charge in [0.15, 0.2) is 0 Å². The van der Waals surface area contributed by atoms with Crippen LogP contribution in [0.5, 0.6) is 0 Å². The molecule has 3 rings (SSSR count). The third kappa shape index (κ3) is 3.50. The van der Waals surface area contributed by atoms with Crippen LogP contribution in [0, 0.1) is 13.8 Å². The highest BCUT2D eigenvalue weighted by molar-refractivity contribution is 7.09. The van der Waals surface area contributed by atoms with Crippen molar-refractivity contribution < 1.29 is 4.79 Å². The van der Waals surface area contributed by atoms with Crippen LogP contribution < -0.4 is 0 Å². The minimum absolute atomic E-state index is 0.180. The molecule has 0 atom stereocenters. The molecule has 0 radical (unpaired) electrons. The van der Waals surface area contributed by atoms with Crippen molar-refractivity contribution in [2.24, 2.45) is 0 Å². The van der Waals surface area contributed by atoms with Crippen LogP contribution in [0.25, 0.3) is 0 Å². The van der Waals surface area contributed by atoms with Gasteiger partial charge in [0.05, 0.1) is 28.5 Å². The summed E-state index contributed by atoms with van der Waals surface area (Å²) in [5.41, 5.74) is 2.90. The SMILES string of the molecule is Cc1cncc(C2CCN(C(=O)Cc3csc(C)n3)CC2)n1. The number of hydrogen-bond acceptors (Lipinski definition) is 5. The molecular weight excluding hydrogens is 296 g/mol. The number of amides is 1. The highest BCUT2D eigenvalue weighted by Crippen LogP contribution is 2.26. The molecule has 116 valence electrons. The van der Waals surface area contributed by atoms with E-state index < -0.39 is 0 Å². The van der Waals surface area contributed by atoms with E-state index in [0.29, 0.717) is 12.3 Å². The summed E-state index contributed by atoms with van der Waals surface area (Å²) in [5, 5.41) is 2.99. The van der Waals surface area contributed by atoms with Crippen LogP contribution in [0.1, 0.15) is 40.8 Å². The molecule has 0 N–H and O–H groups in total. The predicted octanol–water partition coefficient (Wildman–Crippen LogP) is 2.50. The number of carbonyl (C=O) groups excluding carboxylic acids is 1. The fourth-order valence-electron chi connectivity index (χ4n) is 2.86. The molecule has 6 heteroatoms. The average Bonchev–Trinajstić information content (AvgIpc) is 2.92. The monoisotopic (exact) mass is 316 g/mol. The smallest absolute Gasteiger partial charge is 0.228 e. The third-order valence-electron chi connectivity index (χ3n) is 4.04. The number of aryl methyl sites for hydroxylation is 2. The first-order valence-corrected chi connectivity index (χ1v) is 8.47. The Morgan fingerprint density at radius 2 is 2.05 bits per heavy atom. The number of carbonyl (C=O) groups is 1. The molecule has 2 aromatic heterocycles. The van der Waals surface area contributed by atoms with Crippen LogP contribution in [-0.2, 0) is 11.2 Å². The zero-order valence-corrected chi connectivity index (χ0v) is 13.8. The summed E-state index contributed by atoms with van der Waals surface area (Å²) < 4.78 is 0. The van der Waals surface area contributed by atoms with Crippen LogP contribution in [-0.4, -0.2) is 38.8 Å². The zero-order chi connectivity index (χ0) is 15.5. The molecule has 1 amide bonds. The van der Waals surface area contributed by atoms with E-state index in [0.717, 1.165) is 48.0 Å². The maximum absolute atomic E-state index is 12.3. The number of thiazole rings is 1. The third-order valence-corrected chi connectivity index (χ3v) is 4.86. The summed E-state index contributed by atoms with van der Waals surface area (Å²) in [6.07, 6.45) is 5.96. The van der Waals surface area contributed by atoms with Crippen molar-refractivity contribution in [3.8, 4) is 0 Å². The molecule has 0 aromatic carbocycles. The topological polar surface area (TPSA) is 59.0 Å². The van der Waals surface area contributed by atoms with Gasteiger partial charge >= 0.3 is 0 Å². The quantitative estimate of drug-likeness (QED) is 0.873. The van der Waals surface area contributed by atoms with Crippen molar-refractivity contribution in [3.05, 3.63) is 39.9 Å². The highest BCUT2D eigenvalue weighted by atomic mass is 32.1. The van der Waals surface area contributed by atoms with Crippen molar-refractivity contribution in [1.29, 1.82) is 0 Å². The van der Waals surface area contributed by atoms with Gasteiger partial charge in [0.2, 0.25) is 5.91 Å². The standard InChI is InChI=1S/C16H20N4OS/c1-11-8-17-9-15(18-11)13-3-5-20(6-4-13)16(21)7-14-10-22-12(2)19-14/h8-10,13H,3-7H2,1-2H3. The fraction of sp³-hybridized carbons (Fsp3) is 0.500. The summed E-state index contributed by atoms with van der Waals surface area (Å²) in [6, 6.07) is 0. The Morgan fingerprint density at radius 3 is 2.68 bits per heavy atom. The van der Waals surface area contributed by atoms with E-state index in [1.807, 2.05) is 30.3 Å². The molecule has 0 aliphatic carbocycles. The van der Waals surface area contributed by atoms with E-state index in [1.165, 1.54) is 0 Å². The number of hydrogen-bond donors (Lipinski definition) is 0. The number of nitrogens with zero attached hydrogens (tertiary/aromatic N) is 4. The average molecular weight is 316 g/mol. The predicted molar refractivity (Wildman–Crippen MR) is 85.9 cm³/mol. The zero-order valence-electron chi connectivity index (χ0n) is 13.0. The van der Waals surface area contributed by atoms with Gasteiger partial charge in [-0.1, -0.05) is 0 Å². The van der Waals surface area contributed by atoms with Crippen molar-refractivity contribution in [3.63, 3.8) is 0 Å². The largest absolute Gasteiger partial charge is 0.342 e. The normalized spacial score (nSPS) is 16.0. The molecule has 1 saturated heterocycles. The minimum atomic E-state index is 0.180. The van der Waals surface area contributed by atoms with E-state index in [9.17, 15) is 4.79 Å². The van der Waals surface area contributed by atoms with Gasteiger partial charge in [0.1, 0.15) is 0 Å². The second-order valence-corrected chi connectivity index (χ2v) is 6.84. The molecule has 0 bridgehead atoms. The van der Waals surface area contributed by atoms with Gasteiger partial charge in [-0.05, 0) is 26.7 Å². The van der Waals surface area contributed by atoms with Gasteiger partial charge in [-0.25, -0.2) is 4.98 Å². The lowest BCUT2D eigenvalue weighted by molar-refractivity contribution is -0.131. The molecule has 0 unspecified atom stereocenters. The van der Waals surface area contributed by atoms with Gasteiger partial charge < -0.3 is 4.90 Å². The lowest BCUT2D eigenvalue weighted by Gasteiger charge is -2.31. The number of likely N-dealkylation sites (tertiary alicyclic amines) is 1. The minimum Gasteiger partial charge on any atom is -0.342 e. The van der Waals surface area contributed by atoms with Crippen molar-refractivity contribution >= 4 is 17.2 Å². The summed E-state index contributed by atoms with van der Waals surface area (Å²) in [7, 11) is 0. The van der Waals surface area contributed by atoms with Crippen LogP contribution in [0.3, 0.4) is 0 Å². The molecule has 2 aromatic rings. The Hall–Kier alpha value is -1.82. The lowest BCUT2D eigenvalue weighted by Crippen LogP contribution is -2.39. The molecular formula is C16H20N4OS. The molecule has 1 fully saturated rings. The Balaban J connectivity index is 1.56. The van der Waals surface area contributed by atoms with Crippen molar-refractivity contribution in [2.75, 3.05) is 13.1 Å². The lowest BCUT2D eigenvalue weighted by atomic mass is 9.93. The first kappa shape index (κ1) is 15.1. The summed E-state index contributed by atoms with van der Waals surface area (Å²) in [6.45, 7) is 5.52. The first-order valence-electron chi connectivity index (χ1n) is 7.59. The van der Waals surface area contributed by atoms with Gasteiger partial charge in [-0.2, -0.15) is 0 Å². The highest BCUT2D eigenvalue weighted by Gasteiger charge is 2.25. The van der Waals surface area contributed by atoms with Crippen LogP contribution in [0.2, 0.25) is 0 Å². The molecule has 1 aliphatic rings. The van der Waals surface area contributed by atoms with Crippen LogP contribution >= 0.6 is 11.3 Å². The van der Waals surface area contributed by atoms with Crippen molar-refractivity contribution in [2.45, 2.75) is 39.0 Å². The van der Waals surface area contributed by atoms with E-state index in [-0.39, 0.29) is 5.91 Å². The Morgan fingerprint density at radius 1 is 1.27 bits per heavy atom. The maximum atomic E-state index is 12.3. The van der Waals surface area contributed by atoms with E-state index in [1.54, 1.807) is 17.5 Å². The Labute approximate surface area is 134 Å². The fourth-order valence-corrected chi connectivity index (χ4v) is 3.47. The first-order chi connectivity index (χ1) is 10.6. The Bertz CT molecular complexity index is 662. The maximum Gasteiger partial charge on any atom is 0.228 e. The summed E-state index contributed by atoms with van der Waals surface area (Å²) >= 11 is 1.59. The molecule has 0 spiro atoms. The van der Waals surface area contributed by atoms with Gasteiger partial charge in [-0.3, -0.25) is 14.8 Å². The Kier molecular flexibility index (Phi) is 4.47. The van der Waals surface area contributed by atoms with Gasteiger partial charge in [-0.15, -0.1) is 11.3 Å². The second-order valence-electron chi connectivity index (χ2n) is 5.78. The molecule has 22 heavy (non-hydrogen) atoms. The van der Waals surface area contributed by atoms with Crippen LogP contribution in [0.15, 0.2) is 17.8 Å². The van der Waals surface area contributed by atoms with Gasteiger partial charge in [0.25, 0.3) is 0 Å². The molecule has 0 saturated carbocycles. The van der Waals surface area contributed by atoms with Crippen molar-refractivity contribution in [1.82, 2.24) is 19.9 Å².